The standard InChI is InChI=1S/C10H13BrClNO2/c1-14-6-8(5-13)15-10-4-7(11)2-3-9(10)12/h2-4,8H,5-6,13H2,1H3. The van der Waals surface area contributed by atoms with Crippen molar-refractivity contribution in [2.45, 2.75) is 6.10 Å². The van der Waals surface area contributed by atoms with E-state index < -0.39 is 0 Å². The number of halogens is 2. The summed E-state index contributed by atoms with van der Waals surface area (Å²) in [6.45, 7) is 0.829. The summed E-state index contributed by atoms with van der Waals surface area (Å²) in [7, 11) is 1.61. The van der Waals surface area contributed by atoms with Crippen molar-refractivity contribution in [3.63, 3.8) is 0 Å². The molecule has 5 heteroatoms. The molecule has 0 saturated carbocycles. The Bertz CT molecular complexity index is 322. The van der Waals surface area contributed by atoms with Gasteiger partial charge in [-0.15, -0.1) is 0 Å². The van der Waals surface area contributed by atoms with Crippen molar-refractivity contribution in [1.82, 2.24) is 0 Å². The minimum atomic E-state index is -0.179. The topological polar surface area (TPSA) is 44.5 Å². The van der Waals surface area contributed by atoms with Gasteiger partial charge in [-0.25, -0.2) is 0 Å². The highest BCUT2D eigenvalue weighted by Gasteiger charge is 2.10. The van der Waals surface area contributed by atoms with Gasteiger partial charge < -0.3 is 15.2 Å². The monoisotopic (exact) mass is 293 g/mol. The fourth-order valence-corrected chi connectivity index (χ4v) is 1.59. The van der Waals surface area contributed by atoms with Crippen molar-refractivity contribution in [3.8, 4) is 5.75 Å². The highest BCUT2D eigenvalue weighted by Crippen LogP contribution is 2.28. The van der Waals surface area contributed by atoms with Crippen molar-refractivity contribution >= 4 is 27.5 Å². The molecule has 0 amide bonds. The molecule has 0 aliphatic rings. The highest BCUT2D eigenvalue weighted by atomic mass is 79.9. The molecule has 1 rings (SSSR count). The van der Waals surface area contributed by atoms with Crippen LogP contribution in [0.1, 0.15) is 0 Å². The van der Waals surface area contributed by atoms with Crippen molar-refractivity contribution in [3.05, 3.63) is 27.7 Å². The van der Waals surface area contributed by atoms with Crippen LogP contribution >= 0.6 is 27.5 Å². The Labute approximate surface area is 103 Å². The summed E-state index contributed by atoms with van der Waals surface area (Å²) < 4.78 is 11.5. The Kier molecular flexibility index (Phi) is 5.39. The van der Waals surface area contributed by atoms with E-state index in [4.69, 9.17) is 26.8 Å². The molecular formula is C10H13BrClNO2. The van der Waals surface area contributed by atoms with Crippen LogP contribution in [0.5, 0.6) is 5.75 Å². The van der Waals surface area contributed by atoms with Gasteiger partial charge in [0, 0.05) is 18.1 Å². The molecule has 1 aromatic carbocycles. The van der Waals surface area contributed by atoms with E-state index in [1.54, 1.807) is 19.2 Å². The lowest BCUT2D eigenvalue weighted by Crippen LogP contribution is -2.31. The second kappa shape index (κ2) is 6.33. The van der Waals surface area contributed by atoms with Crippen LogP contribution in [0.2, 0.25) is 5.02 Å². The van der Waals surface area contributed by atoms with E-state index in [9.17, 15) is 0 Å². The van der Waals surface area contributed by atoms with Crippen molar-refractivity contribution < 1.29 is 9.47 Å². The van der Waals surface area contributed by atoms with E-state index in [1.807, 2.05) is 6.07 Å². The largest absolute Gasteiger partial charge is 0.485 e. The summed E-state index contributed by atoms with van der Waals surface area (Å²) >= 11 is 9.32. The van der Waals surface area contributed by atoms with Crippen LogP contribution in [-0.2, 0) is 4.74 Å². The summed E-state index contributed by atoms with van der Waals surface area (Å²) in [6.07, 6.45) is -0.179. The van der Waals surface area contributed by atoms with Crippen LogP contribution in [0.3, 0.4) is 0 Å². The Morgan fingerprint density at radius 2 is 2.27 bits per heavy atom. The molecular weight excluding hydrogens is 281 g/mol. The maximum atomic E-state index is 5.97. The number of benzene rings is 1. The molecule has 0 aliphatic heterocycles. The molecule has 0 fully saturated rings. The fraction of sp³-hybridized carbons (Fsp3) is 0.400. The zero-order valence-electron chi connectivity index (χ0n) is 8.37. The van der Waals surface area contributed by atoms with Gasteiger partial charge in [0.05, 0.1) is 11.6 Å². The van der Waals surface area contributed by atoms with Gasteiger partial charge in [0.15, 0.2) is 0 Å². The molecule has 2 N–H and O–H groups in total. The summed E-state index contributed by atoms with van der Waals surface area (Å²) in [5.41, 5.74) is 5.54. The molecule has 3 nitrogen and oxygen atoms in total. The van der Waals surface area contributed by atoms with Crippen LogP contribution in [-0.4, -0.2) is 26.4 Å². The highest BCUT2D eigenvalue weighted by molar-refractivity contribution is 9.10. The molecule has 0 saturated heterocycles. The van der Waals surface area contributed by atoms with E-state index >= 15 is 0 Å². The molecule has 1 atom stereocenters. The quantitative estimate of drug-likeness (QED) is 0.907. The zero-order valence-corrected chi connectivity index (χ0v) is 10.7. The predicted octanol–water partition coefficient (Wildman–Crippen LogP) is 2.46. The van der Waals surface area contributed by atoms with E-state index in [1.165, 1.54) is 0 Å². The summed E-state index contributed by atoms with van der Waals surface area (Å²) in [5, 5.41) is 0.563. The van der Waals surface area contributed by atoms with Crippen molar-refractivity contribution in [2.24, 2.45) is 5.73 Å². The van der Waals surface area contributed by atoms with Crippen LogP contribution in [0.15, 0.2) is 22.7 Å². The molecule has 0 radical (unpaired) electrons. The third kappa shape index (κ3) is 3.99. The normalized spacial score (nSPS) is 12.5. The number of hydrogen-bond donors (Lipinski definition) is 1. The first-order valence-corrected chi connectivity index (χ1v) is 5.65. The second-order valence-electron chi connectivity index (χ2n) is 3.01. The van der Waals surface area contributed by atoms with Crippen LogP contribution in [0, 0.1) is 0 Å². The molecule has 0 spiro atoms. The summed E-state index contributed by atoms with van der Waals surface area (Å²) in [4.78, 5) is 0. The van der Waals surface area contributed by atoms with Gasteiger partial charge in [-0.3, -0.25) is 0 Å². The van der Waals surface area contributed by atoms with E-state index in [0.29, 0.717) is 23.9 Å². The van der Waals surface area contributed by atoms with Gasteiger partial charge in [0.2, 0.25) is 0 Å². The number of hydrogen-bond acceptors (Lipinski definition) is 3. The molecule has 15 heavy (non-hydrogen) atoms. The minimum absolute atomic E-state index is 0.179. The number of nitrogens with two attached hydrogens (primary N) is 1. The Morgan fingerprint density at radius 1 is 1.53 bits per heavy atom. The molecule has 0 aromatic heterocycles. The molecule has 0 bridgehead atoms. The maximum absolute atomic E-state index is 5.97. The van der Waals surface area contributed by atoms with E-state index in [2.05, 4.69) is 15.9 Å². The SMILES string of the molecule is COCC(CN)Oc1cc(Br)ccc1Cl. The lowest BCUT2D eigenvalue weighted by molar-refractivity contribution is 0.0861. The maximum Gasteiger partial charge on any atom is 0.139 e. The van der Waals surface area contributed by atoms with Gasteiger partial charge in [0.1, 0.15) is 11.9 Å². The fourth-order valence-electron chi connectivity index (χ4n) is 1.08. The molecule has 84 valence electrons. The van der Waals surface area contributed by atoms with E-state index in [0.717, 1.165) is 4.47 Å². The third-order valence-corrected chi connectivity index (χ3v) is 2.61. The Balaban J connectivity index is 2.73. The van der Waals surface area contributed by atoms with Gasteiger partial charge in [-0.1, -0.05) is 27.5 Å². The van der Waals surface area contributed by atoms with Gasteiger partial charge >= 0.3 is 0 Å². The van der Waals surface area contributed by atoms with Crippen molar-refractivity contribution in [2.75, 3.05) is 20.3 Å². The smallest absolute Gasteiger partial charge is 0.139 e. The Hall–Kier alpha value is -0.290. The minimum Gasteiger partial charge on any atom is -0.485 e. The number of methoxy groups -OCH3 is 1. The number of ether oxygens (including phenoxy) is 2. The molecule has 1 unspecified atom stereocenters. The molecule has 0 aliphatic carbocycles. The third-order valence-electron chi connectivity index (χ3n) is 1.80. The van der Waals surface area contributed by atoms with Gasteiger partial charge in [-0.05, 0) is 18.2 Å². The first-order valence-electron chi connectivity index (χ1n) is 4.48. The zero-order chi connectivity index (χ0) is 11.3. The van der Waals surface area contributed by atoms with Crippen LogP contribution < -0.4 is 10.5 Å². The first kappa shape index (κ1) is 12.8. The van der Waals surface area contributed by atoms with Gasteiger partial charge in [0.25, 0.3) is 0 Å². The average Bonchev–Trinajstić information content (AvgIpc) is 2.22. The lowest BCUT2D eigenvalue weighted by Gasteiger charge is -2.17. The summed E-state index contributed by atoms with van der Waals surface area (Å²) in [6, 6.07) is 5.42. The predicted molar refractivity (Wildman–Crippen MR) is 64.5 cm³/mol. The Morgan fingerprint density at radius 3 is 2.87 bits per heavy atom. The summed E-state index contributed by atoms with van der Waals surface area (Å²) in [5.74, 6) is 0.610. The van der Waals surface area contributed by atoms with Crippen molar-refractivity contribution in [1.29, 1.82) is 0 Å². The first-order chi connectivity index (χ1) is 7.17. The van der Waals surface area contributed by atoms with Gasteiger partial charge in [-0.2, -0.15) is 0 Å². The lowest BCUT2D eigenvalue weighted by atomic mass is 10.3. The second-order valence-corrected chi connectivity index (χ2v) is 4.33. The van der Waals surface area contributed by atoms with E-state index in [-0.39, 0.29) is 6.10 Å². The molecule has 1 aromatic rings. The molecule has 0 heterocycles. The van der Waals surface area contributed by atoms with Crippen LogP contribution in [0.25, 0.3) is 0 Å². The average molecular weight is 295 g/mol. The number of rotatable bonds is 5. The van der Waals surface area contributed by atoms with Crippen LogP contribution in [0.4, 0.5) is 0 Å².